The third-order valence-electron chi connectivity index (χ3n) is 4.99. The Morgan fingerprint density at radius 2 is 1.91 bits per heavy atom. The van der Waals surface area contributed by atoms with Crippen molar-refractivity contribution in [3.05, 3.63) is 36.0 Å². The molecule has 0 spiro atoms. The summed E-state index contributed by atoms with van der Waals surface area (Å²) in [6, 6.07) is 7.63. The van der Waals surface area contributed by atoms with Crippen LogP contribution in [0.3, 0.4) is 0 Å². The number of nitrogens with zero attached hydrogens (tertiary/aromatic N) is 4. The summed E-state index contributed by atoms with van der Waals surface area (Å²) in [6.45, 7) is 1.71. The van der Waals surface area contributed by atoms with Crippen molar-refractivity contribution < 1.29 is 24.6 Å². The van der Waals surface area contributed by atoms with E-state index in [1.54, 1.807) is 12.1 Å². The molecule has 2 heterocycles. The van der Waals surface area contributed by atoms with Gasteiger partial charge in [-0.25, -0.2) is 14.6 Å². The monoisotopic (exact) mass is 440 g/mol. The smallest absolute Gasteiger partial charge is 0.328 e. The number of nitrogens with one attached hydrogen (secondary N) is 2. The van der Waals surface area contributed by atoms with Gasteiger partial charge in [-0.05, 0) is 37.8 Å². The van der Waals surface area contributed by atoms with Crippen molar-refractivity contribution in [2.45, 2.75) is 37.3 Å². The molecule has 1 saturated heterocycles. The molecule has 1 saturated carbocycles. The highest BCUT2D eigenvalue weighted by molar-refractivity contribution is 5.89. The number of anilines is 1. The van der Waals surface area contributed by atoms with Crippen LogP contribution >= 0.6 is 0 Å². The molecular formula is C21H24N6O5. The molecule has 1 aliphatic heterocycles. The van der Waals surface area contributed by atoms with Crippen molar-refractivity contribution in [3.8, 4) is 12.1 Å². The molecular weight excluding hydrogens is 416 g/mol. The molecule has 1 amide bonds. The van der Waals surface area contributed by atoms with Crippen LogP contribution in [0.5, 0.6) is 0 Å². The van der Waals surface area contributed by atoms with E-state index in [0.717, 1.165) is 32.2 Å². The van der Waals surface area contributed by atoms with Crippen LogP contribution in [-0.4, -0.2) is 69.2 Å². The molecule has 11 heteroatoms. The molecule has 32 heavy (non-hydrogen) atoms. The highest BCUT2D eigenvalue weighted by atomic mass is 16.4. The number of pyridine rings is 1. The Labute approximate surface area is 185 Å². The van der Waals surface area contributed by atoms with Gasteiger partial charge in [0.15, 0.2) is 0 Å². The summed E-state index contributed by atoms with van der Waals surface area (Å²) in [4.78, 5) is 37.5. The Balaban J connectivity index is 0.000000390. The highest BCUT2D eigenvalue weighted by Gasteiger charge is 2.44. The van der Waals surface area contributed by atoms with Gasteiger partial charge >= 0.3 is 11.9 Å². The number of aromatic nitrogens is 1. The van der Waals surface area contributed by atoms with Crippen LogP contribution in [0.15, 0.2) is 30.5 Å². The average Bonchev–Trinajstić information content (AvgIpc) is 3.38. The minimum Gasteiger partial charge on any atom is -0.478 e. The van der Waals surface area contributed by atoms with Gasteiger partial charge in [0.1, 0.15) is 11.9 Å². The van der Waals surface area contributed by atoms with Gasteiger partial charge in [0.25, 0.3) is 0 Å². The van der Waals surface area contributed by atoms with E-state index in [4.69, 9.17) is 20.7 Å². The van der Waals surface area contributed by atoms with Gasteiger partial charge in [0.2, 0.25) is 5.91 Å². The van der Waals surface area contributed by atoms with E-state index in [1.165, 1.54) is 6.20 Å². The summed E-state index contributed by atoms with van der Waals surface area (Å²) >= 11 is 0. The number of nitriles is 2. The molecule has 3 rings (SSSR count). The number of likely N-dealkylation sites (tertiary alicyclic amines) is 1. The number of hydrogen-bond donors (Lipinski definition) is 4. The molecule has 11 nitrogen and oxygen atoms in total. The summed E-state index contributed by atoms with van der Waals surface area (Å²) < 4.78 is 0. The average molecular weight is 440 g/mol. The largest absolute Gasteiger partial charge is 0.478 e. The zero-order valence-corrected chi connectivity index (χ0v) is 17.3. The maximum absolute atomic E-state index is 12.3. The number of aliphatic carboxylic acids is 2. The minimum absolute atomic E-state index is 0.0239. The van der Waals surface area contributed by atoms with Crippen molar-refractivity contribution in [1.82, 2.24) is 15.2 Å². The molecule has 0 radical (unpaired) electrons. The molecule has 1 unspecified atom stereocenters. The number of carboxylic acids is 2. The Hall–Kier alpha value is -3.96. The fourth-order valence-electron chi connectivity index (χ4n) is 3.15. The van der Waals surface area contributed by atoms with Gasteiger partial charge in [0.05, 0.1) is 29.8 Å². The molecule has 1 aliphatic carbocycles. The number of carbonyl (C=O) groups excluding carboxylic acids is 1. The lowest BCUT2D eigenvalue weighted by atomic mass is 10.2. The molecule has 2 aliphatic rings. The van der Waals surface area contributed by atoms with E-state index in [-0.39, 0.29) is 24.0 Å². The molecule has 1 aromatic rings. The lowest BCUT2D eigenvalue weighted by Gasteiger charge is -2.22. The molecule has 4 N–H and O–H groups in total. The van der Waals surface area contributed by atoms with Crippen LogP contribution in [0.25, 0.3) is 0 Å². The van der Waals surface area contributed by atoms with Gasteiger partial charge in [-0.15, -0.1) is 0 Å². The Morgan fingerprint density at radius 1 is 1.22 bits per heavy atom. The summed E-state index contributed by atoms with van der Waals surface area (Å²) in [5.41, 5.74) is 0.307. The summed E-state index contributed by atoms with van der Waals surface area (Å²) in [5, 5.41) is 39.8. The number of amides is 1. The highest BCUT2D eigenvalue weighted by Crippen LogP contribution is 2.35. The quantitative estimate of drug-likeness (QED) is 0.421. The number of carboxylic acid groups (broad SMARTS) is 2. The predicted molar refractivity (Wildman–Crippen MR) is 112 cm³/mol. The maximum atomic E-state index is 12.3. The van der Waals surface area contributed by atoms with Gasteiger partial charge < -0.3 is 20.8 Å². The SMILES string of the molecule is N#Cc1ccc(NCC2(NC(=O)CN3CCCC3C#N)CC2)nc1.O=C(O)C=CC(=O)O. The topological polar surface area (TPSA) is 179 Å². The zero-order chi connectivity index (χ0) is 23.6. The molecule has 0 aromatic carbocycles. The van der Waals surface area contributed by atoms with Crippen LogP contribution < -0.4 is 10.6 Å². The minimum atomic E-state index is -1.26. The van der Waals surface area contributed by atoms with Crippen LogP contribution in [-0.2, 0) is 14.4 Å². The first-order chi connectivity index (χ1) is 15.3. The molecule has 0 bridgehead atoms. The van der Waals surface area contributed by atoms with E-state index < -0.39 is 11.9 Å². The Morgan fingerprint density at radius 3 is 2.41 bits per heavy atom. The zero-order valence-electron chi connectivity index (χ0n) is 17.3. The van der Waals surface area contributed by atoms with Crippen molar-refractivity contribution in [2.75, 3.05) is 25.0 Å². The summed E-state index contributed by atoms with van der Waals surface area (Å²) in [6.07, 6.45) is 6.33. The maximum Gasteiger partial charge on any atom is 0.328 e. The van der Waals surface area contributed by atoms with Gasteiger partial charge in [-0.3, -0.25) is 9.69 Å². The van der Waals surface area contributed by atoms with E-state index >= 15 is 0 Å². The second kappa shape index (κ2) is 11.4. The van der Waals surface area contributed by atoms with E-state index in [2.05, 4.69) is 21.7 Å². The van der Waals surface area contributed by atoms with Crippen LogP contribution in [0, 0.1) is 22.7 Å². The van der Waals surface area contributed by atoms with Crippen molar-refractivity contribution in [3.63, 3.8) is 0 Å². The lowest BCUT2D eigenvalue weighted by Crippen LogP contribution is -2.47. The van der Waals surface area contributed by atoms with Crippen LogP contribution in [0.4, 0.5) is 5.82 Å². The normalized spacial score (nSPS) is 18.5. The molecule has 2 fully saturated rings. The summed E-state index contributed by atoms with van der Waals surface area (Å²) in [7, 11) is 0. The first-order valence-electron chi connectivity index (χ1n) is 9.95. The Bertz CT molecular complexity index is 927. The number of carbonyl (C=O) groups is 3. The number of hydrogen-bond acceptors (Lipinski definition) is 8. The van der Waals surface area contributed by atoms with Gasteiger partial charge in [-0.1, -0.05) is 0 Å². The van der Waals surface area contributed by atoms with Crippen molar-refractivity contribution in [2.24, 2.45) is 0 Å². The van der Waals surface area contributed by atoms with E-state index in [0.29, 0.717) is 30.1 Å². The second-order valence-electron chi connectivity index (χ2n) is 7.49. The van der Waals surface area contributed by atoms with E-state index in [1.807, 2.05) is 11.0 Å². The van der Waals surface area contributed by atoms with Crippen LogP contribution in [0.1, 0.15) is 31.2 Å². The van der Waals surface area contributed by atoms with Crippen LogP contribution in [0.2, 0.25) is 0 Å². The fraction of sp³-hybridized carbons (Fsp3) is 0.429. The summed E-state index contributed by atoms with van der Waals surface area (Å²) in [5.74, 6) is -1.84. The van der Waals surface area contributed by atoms with Crippen molar-refractivity contribution in [1.29, 1.82) is 10.5 Å². The third-order valence-corrected chi connectivity index (χ3v) is 4.99. The van der Waals surface area contributed by atoms with Gasteiger partial charge in [-0.2, -0.15) is 10.5 Å². The predicted octanol–water partition coefficient (Wildman–Crippen LogP) is 0.714. The van der Waals surface area contributed by atoms with Gasteiger partial charge in [0, 0.05) is 31.4 Å². The number of rotatable bonds is 8. The molecule has 1 atom stereocenters. The standard InChI is InChI=1S/C17H20N6O.C4H4O4/c18-8-13-3-4-15(20-10-13)21-12-17(5-6-17)22-16(24)11-23-7-1-2-14(23)9-19;5-3(6)1-2-4(7)8/h3-4,10,14H,1-2,5-7,11-12H2,(H,20,21)(H,22,24);1-2H,(H,5,6)(H,7,8). The fourth-order valence-corrected chi connectivity index (χ4v) is 3.15. The van der Waals surface area contributed by atoms with E-state index in [9.17, 15) is 14.4 Å². The molecule has 1 aromatic heterocycles. The molecule has 168 valence electrons. The lowest BCUT2D eigenvalue weighted by molar-refractivity contribution is -0.134. The second-order valence-corrected chi connectivity index (χ2v) is 7.49. The first kappa shape index (κ1) is 24.3. The van der Waals surface area contributed by atoms with Crippen molar-refractivity contribution >= 4 is 23.7 Å². The Kier molecular flexibility index (Phi) is 8.69. The first-order valence-corrected chi connectivity index (χ1v) is 9.95. The third kappa shape index (κ3) is 8.05.